The van der Waals surface area contributed by atoms with Crippen LogP contribution in [0.1, 0.15) is 35.3 Å². The molecule has 3 nitrogen and oxygen atoms in total. The molecule has 2 aromatic rings. The van der Waals surface area contributed by atoms with Gasteiger partial charge in [0.2, 0.25) is 0 Å². The highest BCUT2D eigenvalue weighted by Gasteiger charge is 2.19. The molecule has 3 heteroatoms. The van der Waals surface area contributed by atoms with Gasteiger partial charge in [0.1, 0.15) is 17.6 Å². The van der Waals surface area contributed by atoms with Gasteiger partial charge in [-0.2, -0.15) is 0 Å². The third kappa shape index (κ3) is 3.37. The van der Waals surface area contributed by atoms with Crippen molar-refractivity contribution in [3.8, 4) is 11.5 Å². The molecule has 0 aliphatic carbocycles. The molecule has 0 fully saturated rings. The van der Waals surface area contributed by atoms with Crippen molar-refractivity contribution in [2.75, 3.05) is 13.7 Å². The van der Waals surface area contributed by atoms with E-state index in [0.29, 0.717) is 18.1 Å². The zero-order chi connectivity index (χ0) is 15.4. The van der Waals surface area contributed by atoms with E-state index >= 15 is 0 Å². The molecule has 112 valence electrons. The number of aliphatic hydroxyl groups is 1. The standard InChI is InChI=1S/C18H22O3/c1-5-21-17-9-7-13(3)11-15(17)18(19)14-10-12(2)6-8-16(14)20-4/h6-11,18-19H,5H2,1-4H3. The van der Waals surface area contributed by atoms with Crippen LogP contribution in [0.5, 0.6) is 11.5 Å². The molecule has 0 amide bonds. The summed E-state index contributed by atoms with van der Waals surface area (Å²) in [6.07, 6.45) is -0.777. The lowest BCUT2D eigenvalue weighted by atomic mass is 9.97. The minimum atomic E-state index is -0.777. The molecule has 1 atom stereocenters. The largest absolute Gasteiger partial charge is 0.496 e. The number of aliphatic hydroxyl groups excluding tert-OH is 1. The second-order valence-corrected chi connectivity index (χ2v) is 5.12. The second kappa shape index (κ2) is 6.64. The number of methoxy groups -OCH3 is 1. The molecule has 21 heavy (non-hydrogen) atoms. The van der Waals surface area contributed by atoms with Gasteiger partial charge in [-0.15, -0.1) is 0 Å². The van der Waals surface area contributed by atoms with Gasteiger partial charge >= 0.3 is 0 Å². The lowest BCUT2D eigenvalue weighted by Gasteiger charge is -2.19. The number of hydrogen-bond donors (Lipinski definition) is 1. The van der Waals surface area contributed by atoms with Gasteiger partial charge in [0.25, 0.3) is 0 Å². The van der Waals surface area contributed by atoms with E-state index < -0.39 is 6.10 Å². The summed E-state index contributed by atoms with van der Waals surface area (Å²) < 4.78 is 11.0. The predicted octanol–water partition coefficient (Wildman–Crippen LogP) is 3.79. The Balaban J connectivity index is 2.51. The minimum absolute atomic E-state index is 0.563. The van der Waals surface area contributed by atoms with Crippen LogP contribution in [-0.2, 0) is 0 Å². The molecule has 1 N–H and O–H groups in total. The Morgan fingerprint density at radius 2 is 1.48 bits per heavy atom. The fourth-order valence-corrected chi connectivity index (χ4v) is 2.40. The van der Waals surface area contributed by atoms with E-state index in [0.717, 1.165) is 22.3 Å². The summed E-state index contributed by atoms with van der Waals surface area (Å²) in [4.78, 5) is 0. The highest BCUT2D eigenvalue weighted by Crippen LogP contribution is 2.35. The molecule has 0 bridgehead atoms. The first-order valence-electron chi connectivity index (χ1n) is 7.12. The van der Waals surface area contributed by atoms with Crippen LogP contribution in [0, 0.1) is 13.8 Å². The number of aryl methyl sites for hydroxylation is 2. The molecule has 2 rings (SSSR count). The lowest BCUT2D eigenvalue weighted by molar-refractivity contribution is 0.207. The molecule has 0 aromatic heterocycles. The summed E-state index contributed by atoms with van der Waals surface area (Å²) in [5.41, 5.74) is 3.68. The van der Waals surface area contributed by atoms with Crippen LogP contribution < -0.4 is 9.47 Å². The fraction of sp³-hybridized carbons (Fsp3) is 0.333. The van der Waals surface area contributed by atoms with Gasteiger partial charge in [-0.1, -0.05) is 23.3 Å². The van der Waals surface area contributed by atoms with Crippen molar-refractivity contribution in [2.45, 2.75) is 26.9 Å². The maximum absolute atomic E-state index is 10.8. The Kier molecular flexibility index (Phi) is 4.86. The van der Waals surface area contributed by atoms with Crippen LogP contribution >= 0.6 is 0 Å². The van der Waals surface area contributed by atoms with Crippen LogP contribution in [0.3, 0.4) is 0 Å². The third-order valence-corrected chi connectivity index (χ3v) is 3.44. The molecule has 0 saturated carbocycles. The number of benzene rings is 2. The highest BCUT2D eigenvalue weighted by molar-refractivity contribution is 5.47. The topological polar surface area (TPSA) is 38.7 Å². The van der Waals surface area contributed by atoms with Gasteiger partial charge in [-0.25, -0.2) is 0 Å². The van der Waals surface area contributed by atoms with Crippen molar-refractivity contribution in [3.05, 3.63) is 58.7 Å². The zero-order valence-electron chi connectivity index (χ0n) is 13.0. The third-order valence-electron chi connectivity index (χ3n) is 3.44. The van der Waals surface area contributed by atoms with Gasteiger partial charge in [0, 0.05) is 11.1 Å². The smallest absolute Gasteiger partial charge is 0.125 e. The maximum Gasteiger partial charge on any atom is 0.125 e. The van der Waals surface area contributed by atoms with Gasteiger partial charge in [-0.3, -0.25) is 0 Å². The van der Waals surface area contributed by atoms with Crippen molar-refractivity contribution >= 4 is 0 Å². The molecule has 0 aliphatic rings. The van der Waals surface area contributed by atoms with Crippen molar-refractivity contribution in [3.63, 3.8) is 0 Å². The molecular weight excluding hydrogens is 264 g/mol. The van der Waals surface area contributed by atoms with Crippen LogP contribution in [0.15, 0.2) is 36.4 Å². The number of hydrogen-bond acceptors (Lipinski definition) is 3. The van der Waals surface area contributed by atoms with E-state index in [1.54, 1.807) is 7.11 Å². The SMILES string of the molecule is CCOc1ccc(C)cc1C(O)c1cc(C)ccc1OC. The number of rotatable bonds is 5. The molecule has 2 aromatic carbocycles. The molecular formula is C18H22O3. The first-order chi connectivity index (χ1) is 10.1. The summed E-state index contributed by atoms with van der Waals surface area (Å²) >= 11 is 0. The average Bonchev–Trinajstić information content (AvgIpc) is 2.48. The number of ether oxygens (including phenoxy) is 2. The van der Waals surface area contributed by atoms with Crippen LogP contribution in [0.25, 0.3) is 0 Å². The monoisotopic (exact) mass is 286 g/mol. The summed E-state index contributed by atoms with van der Waals surface area (Å²) in [5, 5.41) is 10.8. The van der Waals surface area contributed by atoms with Gasteiger partial charge in [0.05, 0.1) is 13.7 Å². The van der Waals surface area contributed by atoms with E-state index in [4.69, 9.17) is 9.47 Å². The molecule has 0 radical (unpaired) electrons. The fourth-order valence-electron chi connectivity index (χ4n) is 2.40. The minimum Gasteiger partial charge on any atom is -0.496 e. The first kappa shape index (κ1) is 15.4. The van der Waals surface area contributed by atoms with Crippen molar-refractivity contribution in [1.29, 1.82) is 0 Å². The Morgan fingerprint density at radius 3 is 2.00 bits per heavy atom. The second-order valence-electron chi connectivity index (χ2n) is 5.12. The maximum atomic E-state index is 10.8. The predicted molar refractivity (Wildman–Crippen MR) is 84.1 cm³/mol. The molecule has 1 unspecified atom stereocenters. The van der Waals surface area contributed by atoms with Crippen molar-refractivity contribution in [2.24, 2.45) is 0 Å². The average molecular weight is 286 g/mol. The van der Waals surface area contributed by atoms with E-state index in [2.05, 4.69) is 0 Å². The molecule has 0 spiro atoms. The zero-order valence-corrected chi connectivity index (χ0v) is 13.0. The molecule has 0 aliphatic heterocycles. The summed E-state index contributed by atoms with van der Waals surface area (Å²) in [6, 6.07) is 11.6. The van der Waals surface area contributed by atoms with E-state index in [-0.39, 0.29) is 0 Å². The Labute approximate surface area is 126 Å². The Morgan fingerprint density at radius 1 is 0.952 bits per heavy atom. The summed E-state index contributed by atoms with van der Waals surface area (Å²) in [5.74, 6) is 1.39. The van der Waals surface area contributed by atoms with Crippen LogP contribution in [0.2, 0.25) is 0 Å². The Hall–Kier alpha value is -2.00. The quantitative estimate of drug-likeness (QED) is 0.908. The van der Waals surface area contributed by atoms with E-state index in [1.807, 2.05) is 57.2 Å². The normalized spacial score (nSPS) is 12.0. The Bertz CT molecular complexity index is 620. The van der Waals surface area contributed by atoms with E-state index in [9.17, 15) is 5.11 Å². The summed E-state index contributed by atoms with van der Waals surface area (Å²) in [6.45, 7) is 6.49. The molecule has 0 heterocycles. The molecule has 0 saturated heterocycles. The van der Waals surface area contributed by atoms with Crippen molar-refractivity contribution < 1.29 is 14.6 Å². The van der Waals surface area contributed by atoms with Gasteiger partial charge in [-0.05, 0) is 45.0 Å². The van der Waals surface area contributed by atoms with Gasteiger partial charge in [0.15, 0.2) is 0 Å². The van der Waals surface area contributed by atoms with Crippen LogP contribution in [-0.4, -0.2) is 18.8 Å². The summed E-state index contributed by atoms with van der Waals surface area (Å²) in [7, 11) is 1.61. The van der Waals surface area contributed by atoms with E-state index in [1.165, 1.54) is 0 Å². The highest BCUT2D eigenvalue weighted by atomic mass is 16.5. The van der Waals surface area contributed by atoms with Crippen LogP contribution in [0.4, 0.5) is 0 Å². The first-order valence-corrected chi connectivity index (χ1v) is 7.12. The van der Waals surface area contributed by atoms with Gasteiger partial charge < -0.3 is 14.6 Å². The lowest BCUT2D eigenvalue weighted by Crippen LogP contribution is -2.06. The van der Waals surface area contributed by atoms with Crippen molar-refractivity contribution in [1.82, 2.24) is 0 Å².